The molecule has 1 amide bonds. The summed E-state index contributed by atoms with van der Waals surface area (Å²) in [5.41, 5.74) is 9.91. The molecule has 2 aliphatic rings. The second-order valence-corrected chi connectivity index (χ2v) is 13.6. The van der Waals surface area contributed by atoms with E-state index in [0.29, 0.717) is 44.2 Å². The summed E-state index contributed by atoms with van der Waals surface area (Å²) in [6.45, 7) is 5.96. The highest BCUT2D eigenvalue weighted by atomic mass is 35.5. The lowest BCUT2D eigenvalue weighted by atomic mass is 9.68. The number of aryl methyl sites for hydroxylation is 1. The highest BCUT2D eigenvalue weighted by Gasteiger charge is 2.46. The molecule has 0 saturated heterocycles. The van der Waals surface area contributed by atoms with Crippen LogP contribution >= 0.6 is 46.3 Å². The van der Waals surface area contributed by atoms with Crippen LogP contribution in [-0.2, 0) is 9.59 Å². The van der Waals surface area contributed by atoms with Gasteiger partial charge in [-0.25, -0.2) is 0 Å². The first-order valence-corrected chi connectivity index (χ1v) is 15.3. The number of para-hydroxylation sites is 1. The van der Waals surface area contributed by atoms with Crippen LogP contribution in [0.1, 0.15) is 43.7 Å². The molecule has 1 aliphatic heterocycles. The molecule has 41 heavy (non-hydrogen) atoms. The molecule has 2 aromatic carbocycles. The first-order chi connectivity index (χ1) is 19.5. The number of carbonyl (C=O) groups is 2. The summed E-state index contributed by atoms with van der Waals surface area (Å²) < 4.78 is 0.551. The number of thioether (sulfide) groups is 1. The molecule has 1 aliphatic carbocycles. The number of halogens is 2. The summed E-state index contributed by atoms with van der Waals surface area (Å²) in [7, 11) is 0. The number of nitrogens with two attached hydrogens (primary N) is 1. The zero-order chi connectivity index (χ0) is 29.5. The quantitative estimate of drug-likeness (QED) is 0.286. The molecule has 5 rings (SSSR count). The third-order valence-corrected chi connectivity index (χ3v) is 9.88. The predicted octanol–water partition coefficient (Wildman–Crippen LogP) is 6.83. The van der Waals surface area contributed by atoms with Crippen molar-refractivity contribution in [3.05, 3.63) is 86.3 Å². The molecular formula is C29H26Cl2N6O2S2. The number of hydrogen-bond donors (Lipinski definition) is 2. The normalized spacial score (nSPS) is 18.3. The van der Waals surface area contributed by atoms with Gasteiger partial charge in [-0.15, -0.1) is 10.2 Å². The lowest BCUT2D eigenvalue weighted by Crippen LogP contribution is -2.42. The Hall–Kier alpha value is -3.36. The number of anilines is 2. The average Bonchev–Trinajstić information content (AvgIpc) is 3.37. The van der Waals surface area contributed by atoms with Crippen molar-refractivity contribution in [1.29, 1.82) is 5.26 Å². The molecule has 3 N–H and O–H groups in total. The fourth-order valence-corrected chi connectivity index (χ4v) is 7.26. The summed E-state index contributed by atoms with van der Waals surface area (Å²) in [4.78, 5) is 28.0. The van der Waals surface area contributed by atoms with Gasteiger partial charge in [-0.3, -0.25) is 14.5 Å². The first-order valence-electron chi connectivity index (χ1n) is 12.7. The molecule has 0 saturated carbocycles. The van der Waals surface area contributed by atoms with Crippen molar-refractivity contribution in [3.8, 4) is 6.07 Å². The maximum atomic E-state index is 13.7. The largest absolute Gasteiger partial charge is 0.384 e. The van der Waals surface area contributed by atoms with E-state index >= 15 is 0 Å². The Morgan fingerprint density at radius 2 is 1.98 bits per heavy atom. The van der Waals surface area contributed by atoms with Gasteiger partial charge in [0.25, 0.3) is 0 Å². The van der Waals surface area contributed by atoms with Crippen molar-refractivity contribution in [1.82, 2.24) is 10.2 Å². The maximum absolute atomic E-state index is 13.7. The molecule has 1 atom stereocenters. The summed E-state index contributed by atoms with van der Waals surface area (Å²) >= 11 is 15.4. The number of aromatic nitrogens is 2. The van der Waals surface area contributed by atoms with Crippen LogP contribution in [-0.4, -0.2) is 27.6 Å². The minimum atomic E-state index is -0.757. The number of benzene rings is 2. The molecule has 0 fully saturated rings. The molecular weight excluding hydrogens is 599 g/mol. The summed E-state index contributed by atoms with van der Waals surface area (Å²) in [5, 5.41) is 22.8. The Balaban J connectivity index is 1.50. The van der Waals surface area contributed by atoms with Crippen LogP contribution < -0.4 is 16.0 Å². The van der Waals surface area contributed by atoms with Crippen molar-refractivity contribution in [3.63, 3.8) is 0 Å². The number of rotatable bonds is 6. The molecule has 1 unspecified atom stereocenters. The minimum absolute atomic E-state index is 0.0884. The molecule has 0 radical (unpaired) electrons. The van der Waals surface area contributed by atoms with Crippen LogP contribution in [0.25, 0.3) is 0 Å². The van der Waals surface area contributed by atoms with Crippen LogP contribution in [0.5, 0.6) is 0 Å². The second-order valence-electron chi connectivity index (χ2n) is 10.6. The van der Waals surface area contributed by atoms with Gasteiger partial charge in [-0.05, 0) is 42.0 Å². The van der Waals surface area contributed by atoms with Gasteiger partial charge in [0, 0.05) is 23.4 Å². The van der Waals surface area contributed by atoms with Gasteiger partial charge in [0.2, 0.25) is 11.0 Å². The number of Topliss-reactive ketones (excluding diaryl/α,β-unsaturated/α-hetero) is 1. The number of nitrogens with one attached hydrogen (secondary N) is 1. The number of amides is 1. The van der Waals surface area contributed by atoms with Gasteiger partial charge in [0.15, 0.2) is 10.1 Å². The van der Waals surface area contributed by atoms with Crippen LogP contribution in [0.15, 0.2) is 69.5 Å². The van der Waals surface area contributed by atoms with Crippen molar-refractivity contribution in [2.75, 3.05) is 16.0 Å². The van der Waals surface area contributed by atoms with E-state index in [0.717, 1.165) is 11.3 Å². The fourth-order valence-electron chi connectivity index (χ4n) is 5.16. The Morgan fingerprint density at radius 1 is 1.22 bits per heavy atom. The van der Waals surface area contributed by atoms with Gasteiger partial charge in [0.1, 0.15) is 5.82 Å². The summed E-state index contributed by atoms with van der Waals surface area (Å²) in [6, 6.07) is 14.9. The van der Waals surface area contributed by atoms with Crippen LogP contribution in [0.2, 0.25) is 10.0 Å². The van der Waals surface area contributed by atoms with E-state index in [9.17, 15) is 14.9 Å². The SMILES string of the molecule is Cc1ccccc1NC(=O)CSc1nnc(N2C(N)=C(C#N)C(c3cccc(Cl)c3Cl)C3=C2CC(C)(C)CC3=O)s1. The lowest BCUT2D eigenvalue weighted by Gasteiger charge is -2.42. The van der Waals surface area contributed by atoms with E-state index in [-0.39, 0.29) is 39.3 Å². The molecule has 3 aromatic rings. The number of nitriles is 1. The van der Waals surface area contributed by atoms with E-state index in [1.165, 1.54) is 23.1 Å². The standard InChI is InChI=1S/C29H26Cl2N6O2S2/c1-15-7-4-5-10-19(15)34-22(39)14-40-28-36-35-27(41-28)37-20-11-29(2,3)12-21(38)24(20)23(17(13-32)26(37)33)16-8-6-9-18(30)25(16)31/h4-10,23H,11-12,14,33H2,1-3H3,(H,34,39). The van der Waals surface area contributed by atoms with Gasteiger partial charge in [-0.2, -0.15) is 5.26 Å². The number of ketones is 1. The lowest BCUT2D eigenvalue weighted by molar-refractivity contribution is -0.118. The van der Waals surface area contributed by atoms with Crippen LogP contribution in [0, 0.1) is 23.7 Å². The van der Waals surface area contributed by atoms with E-state index in [2.05, 4.69) is 21.6 Å². The van der Waals surface area contributed by atoms with E-state index in [1.54, 1.807) is 23.1 Å². The number of nitrogens with zero attached hydrogens (tertiary/aromatic N) is 4. The zero-order valence-electron chi connectivity index (χ0n) is 22.5. The first kappa shape index (κ1) is 29.1. The Kier molecular flexibility index (Phi) is 8.17. The van der Waals surface area contributed by atoms with E-state index < -0.39 is 5.92 Å². The van der Waals surface area contributed by atoms with Crippen molar-refractivity contribution < 1.29 is 9.59 Å². The van der Waals surface area contributed by atoms with Crippen molar-refractivity contribution in [2.45, 2.75) is 43.9 Å². The Labute approximate surface area is 256 Å². The number of carbonyl (C=O) groups excluding carboxylic acids is 2. The Bertz CT molecular complexity index is 1670. The number of hydrogen-bond acceptors (Lipinski definition) is 9. The molecule has 1 aromatic heterocycles. The molecule has 0 spiro atoms. The van der Waals surface area contributed by atoms with Crippen LogP contribution in [0.4, 0.5) is 10.8 Å². The summed E-state index contributed by atoms with van der Waals surface area (Å²) in [5.74, 6) is -0.728. The Morgan fingerprint density at radius 3 is 2.71 bits per heavy atom. The third kappa shape index (κ3) is 5.72. The van der Waals surface area contributed by atoms with Gasteiger partial charge < -0.3 is 11.1 Å². The summed E-state index contributed by atoms with van der Waals surface area (Å²) in [6.07, 6.45) is 0.823. The monoisotopic (exact) mass is 624 g/mol. The molecule has 210 valence electrons. The second kappa shape index (κ2) is 11.5. The average molecular weight is 626 g/mol. The van der Waals surface area contributed by atoms with Gasteiger partial charge in [0.05, 0.1) is 33.4 Å². The smallest absolute Gasteiger partial charge is 0.234 e. The highest BCUT2D eigenvalue weighted by molar-refractivity contribution is 8.01. The van der Waals surface area contributed by atoms with Gasteiger partial charge >= 0.3 is 0 Å². The third-order valence-electron chi connectivity index (χ3n) is 7.01. The molecule has 2 heterocycles. The highest BCUT2D eigenvalue weighted by Crippen LogP contribution is 2.52. The number of allylic oxidation sites excluding steroid dienone is 3. The minimum Gasteiger partial charge on any atom is -0.384 e. The van der Waals surface area contributed by atoms with Gasteiger partial charge in [-0.1, -0.05) is 90.5 Å². The molecule has 8 nitrogen and oxygen atoms in total. The van der Waals surface area contributed by atoms with E-state index in [4.69, 9.17) is 28.9 Å². The van der Waals surface area contributed by atoms with E-state index in [1.807, 2.05) is 45.0 Å². The maximum Gasteiger partial charge on any atom is 0.234 e. The fraction of sp³-hybridized carbons (Fsp3) is 0.276. The van der Waals surface area contributed by atoms with Crippen molar-refractivity contribution >= 4 is 68.8 Å². The van der Waals surface area contributed by atoms with Crippen LogP contribution in [0.3, 0.4) is 0 Å². The zero-order valence-corrected chi connectivity index (χ0v) is 25.6. The van der Waals surface area contributed by atoms with Crippen molar-refractivity contribution in [2.24, 2.45) is 11.1 Å². The molecule has 0 bridgehead atoms. The topological polar surface area (TPSA) is 125 Å². The molecule has 12 heteroatoms. The predicted molar refractivity (Wildman–Crippen MR) is 164 cm³/mol.